The van der Waals surface area contributed by atoms with Gasteiger partial charge in [0, 0.05) is 16.9 Å². The Kier molecular flexibility index (Phi) is 3.97. The zero-order valence-corrected chi connectivity index (χ0v) is 12.3. The molecule has 0 amide bonds. The summed E-state index contributed by atoms with van der Waals surface area (Å²) in [5.41, 5.74) is 5.82. The highest BCUT2D eigenvalue weighted by atomic mass is 35.5. The first-order chi connectivity index (χ1) is 8.88. The summed E-state index contributed by atoms with van der Waals surface area (Å²) in [7, 11) is 0. The maximum atomic E-state index is 6.23. The first-order valence-electron chi connectivity index (χ1n) is 5.92. The van der Waals surface area contributed by atoms with Crippen LogP contribution in [0.3, 0.4) is 0 Å². The van der Waals surface area contributed by atoms with E-state index in [0.717, 1.165) is 5.75 Å². The SMILES string of the molecule is CC(C)(Oc1ccc(N)cc1)C1NC=C(Cl)C=C1Cl. The second kappa shape index (κ2) is 5.35. The maximum absolute atomic E-state index is 6.23. The predicted octanol–water partition coefficient (Wildman–Crippen LogP) is 3.60. The van der Waals surface area contributed by atoms with Crippen LogP contribution < -0.4 is 15.8 Å². The molecule has 0 aromatic heterocycles. The standard InChI is InChI=1S/C14H16Cl2N2O/c1-14(2,13-12(16)7-9(15)8-18-13)19-11-5-3-10(17)4-6-11/h3-8,13,18H,17H2,1-2H3. The van der Waals surface area contributed by atoms with Crippen molar-refractivity contribution in [2.75, 3.05) is 5.73 Å². The van der Waals surface area contributed by atoms with Crippen molar-refractivity contribution in [3.8, 4) is 5.75 Å². The second-order valence-corrected chi connectivity index (χ2v) is 5.81. The molecule has 1 aliphatic rings. The van der Waals surface area contributed by atoms with E-state index in [1.807, 2.05) is 26.0 Å². The molecule has 19 heavy (non-hydrogen) atoms. The lowest BCUT2D eigenvalue weighted by Gasteiger charge is -2.36. The first kappa shape index (κ1) is 14.1. The van der Waals surface area contributed by atoms with E-state index in [0.29, 0.717) is 15.8 Å². The number of rotatable bonds is 3. The van der Waals surface area contributed by atoms with Crippen molar-refractivity contribution in [3.05, 3.63) is 46.6 Å². The number of allylic oxidation sites excluding steroid dienone is 2. The van der Waals surface area contributed by atoms with Crippen molar-refractivity contribution in [1.29, 1.82) is 0 Å². The summed E-state index contributed by atoms with van der Waals surface area (Å²) in [6, 6.07) is 7.11. The van der Waals surface area contributed by atoms with E-state index in [-0.39, 0.29) is 6.04 Å². The number of hydrogen-bond acceptors (Lipinski definition) is 3. The molecular formula is C14H16Cl2N2O. The Morgan fingerprint density at radius 2 is 1.84 bits per heavy atom. The lowest BCUT2D eigenvalue weighted by atomic mass is 9.96. The average Bonchev–Trinajstić information content (AvgIpc) is 2.31. The fourth-order valence-corrected chi connectivity index (χ4v) is 2.61. The molecule has 5 heteroatoms. The van der Waals surface area contributed by atoms with Gasteiger partial charge in [0.1, 0.15) is 17.4 Å². The molecule has 0 aliphatic carbocycles. The van der Waals surface area contributed by atoms with E-state index < -0.39 is 5.60 Å². The Balaban J connectivity index is 2.15. The molecule has 1 aromatic rings. The van der Waals surface area contributed by atoms with Gasteiger partial charge in [0.2, 0.25) is 0 Å². The fourth-order valence-electron chi connectivity index (χ4n) is 1.93. The minimum Gasteiger partial charge on any atom is -0.485 e. The molecular weight excluding hydrogens is 283 g/mol. The van der Waals surface area contributed by atoms with E-state index in [4.69, 9.17) is 33.7 Å². The molecule has 0 fully saturated rings. The molecule has 2 rings (SSSR count). The summed E-state index contributed by atoms with van der Waals surface area (Å²) < 4.78 is 5.99. The zero-order valence-electron chi connectivity index (χ0n) is 10.8. The number of dihydropyridines is 1. The number of nitrogens with two attached hydrogens (primary N) is 1. The molecule has 0 spiro atoms. The van der Waals surface area contributed by atoms with Crippen molar-refractivity contribution < 1.29 is 4.74 Å². The monoisotopic (exact) mass is 298 g/mol. The molecule has 1 atom stereocenters. The van der Waals surface area contributed by atoms with E-state index in [2.05, 4.69) is 5.32 Å². The quantitative estimate of drug-likeness (QED) is 0.838. The van der Waals surface area contributed by atoms with Gasteiger partial charge in [-0.1, -0.05) is 23.2 Å². The molecule has 3 nitrogen and oxygen atoms in total. The van der Waals surface area contributed by atoms with Gasteiger partial charge >= 0.3 is 0 Å². The largest absolute Gasteiger partial charge is 0.485 e. The van der Waals surface area contributed by atoms with Crippen molar-refractivity contribution in [3.63, 3.8) is 0 Å². The highest BCUT2D eigenvalue weighted by Gasteiger charge is 2.34. The van der Waals surface area contributed by atoms with Crippen LogP contribution in [0.1, 0.15) is 13.8 Å². The summed E-state index contributed by atoms with van der Waals surface area (Å²) >= 11 is 12.1. The van der Waals surface area contributed by atoms with Gasteiger partial charge in [-0.3, -0.25) is 0 Å². The van der Waals surface area contributed by atoms with Gasteiger partial charge in [-0.05, 0) is 44.2 Å². The average molecular weight is 299 g/mol. The predicted molar refractivity (Wildman–Crippen MR) is 80.4 cm³/mol. The topological polar surface area (TPSA) is 47.3 Å². The Morgan fingerprint density at radius 1 is 1.21 bits per heavy atom. The van der Waals surface area contributed by atoms with Crippen LogP contribution in [0.2, 0.25) is 0 Å². The minimum absolute atomic E-state index is 0.158. The first-order valence-corrected chi connectivity index (χ1v) is 6.67. The van der Waals surface area contributed by atoms with Crippen LogP contribution in [0.4, 0.5) is 5.69 Å². The number of ether oxygens (including phenoxy) is 1. The van der Waals surface area contributed by atoms with Crippen LogP contribution in [0.15, 0.2) is 46.6 Å². The summed E-state index contributed by atoms with van der Waals surface area (Å²) in [5.74, 6) is 0.742. The van der Waals surface area contributed by atoms with E-state index in [9.17, 15) is 0 Å². The molecule has 0 saturated carbocycles. The van der Waals surface area contributed by atoms with Crippen LogP contribution in [0.25, 0.3) is 0 Å². The maximum Gasteiger partial charge on any atom is 0.128 e. The number of nitrogen functional groups attached to an aromatic ring is 1. The molecule has 1 unspecified atom stereocenters. The zero-order chi connectivity index (χ0) is 14.0. The van der Waals surface area contributed by atoms with Gasteiger partial charge in [0.15, 0.2) is 0 Å². The summed E-state index contributed by atoms with van der Waals surface area (Å²) in [5, 5.41) is 4.34. The van der Waals surface area contributed by atoms with Crippen LogP contribution in [0.5, 0.6) is 5.75 Å². The number of anilines is 1. The smallest absolute Gasteiger partial charge is 0.128 e. The highest BCUT2D eigenvalue weighted by molar-refractivity contribution is 6.35. The second-order valence-electron chi connectivity index (χ2n) is 4.93. The van der Waals surface area contributed by atoms with Gasteiger partial charge in [0.25, 0.3) is 0 Å². The lowest BCUT2D eigenvalue weighted by Crippen LogP contribution is -2.50. The van der Waals surface area contributed by atoms with Gasteiger partial charge < -0.3 is 15.8 Å². The Hall–Kier alpha value is -1.32. The summed E-state index contributed by atoms with van der Waals surface area (Å²) in [4.78, 5) is 0. The van der Waals surface area contributed by atoms with Crippen molar-refractivity contribution in [2.24, 2.45) is 0 Å². The minimum atomic E-state index is -0.530. The molecule has 102 valence electrons. The van der Waals surface area contributed by atoms with Crippen LogP contribution in [-0.2, 0) is 0 Å². The number of nitrogens with one attached hydrogen (secondary N) is 1. The van der Waals surface area contributed by atoms with Gasteiger partial charge in [-0.2, -0.15) is 0 Å². The van der Waals surface area contributed by atoms with E-state index in [1.165, 1.54) is 0 Å². The Morgan fingerprint density at radius 3 is 2.42 bits per heavy atom. The van der Waals surface area contributed by atoms with Gasteiger partial charge in [-0.25, -0.2) is 0 Å². The lowest BCUT2D eigenvalue weighted by molar-refractivity contribution is 0.0846. The number of hydrogen-bond donors (Lipinski definition) is 2. The molecule has 3 N–H and O–H groups in total. The third kappa shape index (κ3) is 3.37. The van der Waals surface area contributed by atoms with Gasteiger partial charge in [-0.15, -0.1) is 0 Å². The molecule has 1 heterocycles. The molecule has 1 aromatic carbocycles. The summed E-state index contributed by atoms with van der Waals surface area (Å²) in [6.07, 6.45) is 3.44. The Bertz CT molecular complexity index is 521. The number of benzene rings is 1. The number of halogens is 2. The molecule has 1 aliphatic heterocycles. The van der Waals surface area contributed by atoms with Crippen molar-refractivity contribution in [1.82, 2.24) is 5.32 Å². The summed E-state index contributed by atoms with van der Waals surface area (Å²) in [6.45, 7) is 3.93. The highest BCUT2D eigenvalue weighted by Crippen LogP contribution is 2.30. The van der Waals surface area contributed by atoms with Gasteiger partial charge in [0.05, 0.1) is 5.03 Å². The normalized spacial score (nSPS) is 19.3. The van der Waals surface area contributed by atoms with Crippen LogP contribution >= 0.6 is 23.2 Å². The molecule has 0 saturated heterocycles. The Labute approximate surface area is 123 Å². The van der Waals surface area contributed by atoms with E-state index >= 15 is 0 Å². The van der Waals surface area contributed by atoms with Crippen molar-refractivity contribution >= 4 is 28.9 Å². The molecule has 0 radical (unpaired) electrons. The molecule has 0 bridgehead atoms. The third-order valence-corrected chi connectivity index (χ3v) is 3.44. The van der Waals surface area contributed by atoms with Crippen LogP contribution in [0, 0.1) is 0 Å². The fraction of sp³-hybridized carbons (Fsp3) is 0.286. The third-order valence-electron chi connectivity index (χ3n) is 2.90. The van der Waals surface area contributed by atoms with Crippen LogP contribution in [-0.4, -0.2) is 11.6 Å². The van der Waals surface area contributed by atoms with E-state index in [1.54, 1.807) is 24.4 Å². The van der Waals surface area contributed by atoms with Crippen molar-refractivity contribution in [2.45, 2.75) is 25.5 Å².